The van der Waals surface area contributed by atoms with Crippen LogP contribution >= 0.6 is 11.8 Å². The lowest BCUT2D eigenvalue weighted by Gasteiger charge is -2.12. The molecule has 0 heterocycles. The Hall–Kier alpha value is 0.0500. The molecule has 0 radical (unpaired) electrons. The van der Waals surface area contributed by atoms with Gasteiger partial charge in [0.1, 0.15) is 0 Å². The molecule has 0 aromatic carbocycles. The molecule has 0 bridgehead atoms. The van der Waals surface area contributed by atoms with Crippen LogP contribution in [0.4, 0.5) is 0 Å². The summed E-state index contributed by atoms with van der Waals surface area (Å²) in [7, 11) is 0. The molecule has 0 aromatic heterocycles. The summed E-state index contributed by atoms with van der Waals surface area (Å²) in [4.78, 5) is 0. The number of hydrogen-bond acceptors (Lipinski definition) is 2. The van der Waals surface area contributed by atoms with Crippen LogP contribution in [0.1, 0.15) is 13.8 Å². The topological polar surface area (TPSA) is 20.2 Å². The van der Waals surface area contributed by atoms with E-state index >= 15 is 0 Å². The summed E-state index contributed by atoms with van der Waals surface area (Å²) >= 11 is 1.72. The fourth-order valence-corrected chi connectivity index (χ4v) is 1.40. The number of hydrogen-bond donors (Lipinski definition) is 1. The molecule has 0 aliphatic carbocycles. The van der Waals surface area contributed by atoms with Gasteiger partial charge in [0.15, 0.2) is 0 Å². The quantitative estimate of drug-likeness (QED) is 0.609. The van der Waals surface area contributed by atoms with Crippen LogP contribution in [0.25, 0.3) is 0 Å². The van der Waals surface area contributed by atoms with E-state index in [9.17, 15) is 0 Å². The van der Waals surface area contributed by atoms with Crippen molar-refractivity contribution < 1.29 is 5.11 Å². The number of aliphatic hydroxyl groups is 1. The molecule has 0 saturated carbocycles. The predicted molar refractivity (Wildman–Crippen MR) is 43.8 cm³/mol. The first-order chi connectivity index (χ1) is 4.22. The van der Waals surface area contributed by atoms with E-state index in [0.29, 0.717) is 0 Å². The van der Waals surface area contributed by atoms with E-state index in [2.05, 4.69) is 13.5 Å². The summed E-state index contributed by atoms with van der Waals surface area (Å²) in [5.74, 6) is 1.03. The molecule has 1 nitrogen and oxygen atoms in total. The zero-order valence-corrected chi connectivity index (χ0v) is 6.82. The lowest BCUT2D eigenvalue weighted by Crippen LogP contribution is -2.16. The maximum atomic E-state index is 9.05. The van der Waals surface area contributed by atoms with Crippen molar-refractivity contribution in [2.75, 3.05) is 5.75 Å². The van der Waals surface area contributed by atoms with Gasteiger partial charge >= 0.3 is 0 Å². The third-order valence-corrected chi connectivity index (χ3v) is 2.37. The summed E-state index contributed by atoms with van der Waals surface area (Å²) in [6, 6.07) is 0. The Balaban J connectivity index is 3.54. The lowest BCUT2D eigenvalue weighted by atomic mass is 10.3. The lowest BCUT2D eigenvalue weighted by molar-refractivity contribution is 0.203. The van der Waals surface area contributed by atoms with Gasteiger partial charge in [-0.3, -0.25) is 0 Å². The van der Waals surface area contributed by atoms with Crippen LogP contribution in [0.5, 0.6) is 0 Å². The van der Waals surface area contributed by atoms with Crippen LogP contribution in [0.2, 0.25) is 0 Å². The summed E-state index contributed by atoms with van der Waals surface area (Å²) in [6.45, 7) is 7.48. The van der Waals surface area contributed by atoms with Crippen LogP contribution in [-0.4, -0.2) is 22.2 Å². The molecule has 0 unspecified atom stereocenters. The molecule has 0 aromatic rings. The van der Waals surface area contributed by atoms with Crippen LogP contribution in [-0.2, 0) is 0 Å². The first-order valence-electron chi connectivity index (χ1n) is 3.14. The maximum Gasteiger partial charge on any atom is 0.0665 e. The zero-order chi connectivity index (χ0) is 7.28. The number of thioether (sulfide) groups is 1. The summed E-state index contributed by atoms with van der Waals surface area (Å²) < 4.78 is 0. The Bertz CT molecular complexity index is 81.0. The Morgan fingerprint density at radius 1 is 1.78 bits per heavy atom. The van der Waals surface area contributed by atoms with Crippen LogP contribution in [0, 0.1) is 0 Å². The summed E-state index contributed by atoms with van der Waals surface area (Å²) in [5, 5.41) is 9.25. The maximum absolute atomic E-state index is 9.05. The van der Waals surface area contributed by atoms with Crippen molar-refractivity contribution in [3.05, 3.63) is 12.7 Å². The Kier molecular flexibility index (Phi) is 4.91. The highest BCUT2D eigenvalue weighted by Crippen LogP contribution is 2.14. The number of aliphatic hydroxyl groups excluding tert-OH is 1. The zero-order valence-electron chi connectivity index (χ0n) is 6.00. The van der Waals surface area contributed by atoms with Gasteiger partial charge in [0, 0.05) is 5.25 Å². The van der Waals surface area contributed by atoms with Gasteiger partial charge in [0.25, 0.3) is 0 Å². The summed E-state index contributed by atoms with van der Waals surface area (Å²) in [5.41, 5.74) is 0. The average Bonchev–Trinajstić information content (AvgIpc) is 1.82. The second-order valence-corrected chi connectivity index (χ2v) is 3.35. The fraction of sp³-hybridized carbons (Fsp3) is 0.714. The molecule has 0 aliphatic rings. The molecule has 0 spiro atoms. The van der Waals surface area contributed by atoms with E-state index < -0.39 is 0 Å². The monoisotopic (exact) mass is 146 g/mol. The molecular formula is C7H14OS. The smallest absolute Gasteiger partial charge is 0.0665 e. The van der Waals surface area contributed by atoms with Gasteiger partial charge < -0.3 is 5.11 Å². The van der Waals surface area contributed by atoms with Crippen molar-refractivity contribution in [3.8, 4) is 0 Å². The Labute approximate surface area is 61.2 Å². The van der Waals surface area contributed by atoms with Crippen molar-refractivity contribution >= 4 is 11.8 Å². The van der Waals surface area contributed by atoms with Crippen molar-refractivity contribution in [1.29, 1.82) is 0 Å². The minimum absolute atomic E-state index is 0.204. The minimum Gasteiger partial charge on any atom is -0.392 e. The number of rotatable bonds is 4. The van der Waals surface area contributed by atoms with Crippen LogP contribution < -0.4 is 0 Å². The van der Waals surface area contributed by atoms with Crippen molar-refractivity contribution in [2.45, 2.75) is 25.2 Å². The molecule has 0 saturated heterocycles. The molecule has 0 aliphatic heterocycles. The van der Waals surface area contributed by atoms with E-state index in [1.165, 1.54) is 0 Å². The van der Waals surface area contributed by atoms with Crippen molar-refractivity contribution in [1.82, 2.24) is 0 Å². The fourth-order valence-electron chi connectivity index (χ4n) is 0.597. The van der Waals surface area contributed by atoms with E-state index in [1.807, 2.05) is 0 Å². The van der Waals surface area contributed by atoms with E-state index in [1.54, 1.807) is 24.8 Å². The minimum atomic E-state index is -0.271. The highest BCUT2D eigenvalue weighted by atomic mass is 32.2. The first-order valence-corrected chi connectivity index (χ1v) is 4.19. The highest BCUT2D eigenvalue weighted by molar-refractivity contribution is 8.00. The van der Waals surface area contributed by atoms with Gasteiger partial charge in [-0.1, -0.05) is 13.0 Å². The third-order valence-electron chi connectivity index (χ3n) is 1.07. The molecule has 0 amide bonds. The average molecular weight is 146 g/mol. The van der Waals surface area contributed by atoms with Gasteiger partial charge in [-0.15, -0.1) is 6.58 Å². The van der Waals surface area contributed by atoms with E-state index in [-0.39, 0.29) is 11.4 Å². The highest BCUT2D eigenvalue weighted by Gasteiger charge is 2.08. The molecular weight excluding hydrogens is 132 g/mol. The van der Waals surface area contributed by atoms with Gasteiger partial charge in [-0.2, -0.15) is 11.8 Å². The standard InChI is InChI=1S/C7H14OS/c1-4-7(6(3)8)9-5-2/h4,6-8H,1,5H2,2-3H3/t6-,7-/m0/s1. The molecule has 2 heteroatoms. The molecule has 1 N–H and O–H groups in total. The SMILES string of the molecule is C=C[C@H](SCC)[C@H](C)O. The van der Waals surface area contributed by atoms with E-state index in [4.69, 9.17) is 5.11 Å². The molecule has 0 rings (SSSR count). The van der Waals surface area contributed by atoms with Crippen molar-refractivity contribution in [3.63, 3.8) is 0 Å². The Morgan fingerprint density at radius 3 is 2.44 bits per heavy atom. The van der Waals surface area contributed by atoms with Gasteiger partial charge in [0.05, 0.1) is 6.10 Å². The third kappa shape index (κ3) is 3.60. The Morgan fingerprint density at radius 2 is 2.33 bits per heavy atom. The van der Waals surface area contributed by atoms with Crippen LogP contribution in [0.15, 0.2) is 12.7 Å². The van der Waals surface area contributed by atoms with Gasteiger partial charge in [-0.25, -0.2) is 0 Å². The second-order valence-electron chi connectivity index (χ2n) is 1.90. The second kappa shape index (κ2) is 4.89. The summed E-state index contributed by atoms with van der Waals surface area (Å²) in [6.07, 6.45) is 1.52. The predicted octanol–water partition coefficient (Wildman–Crippen LogP) is 1.67. The van der Waals surface area contributed by atoms with Crippen LogP contribution in [0.3, 0.4) is 0 Å². The molecule has 9 heavy (non-hydrogen) atoms. The van der Waals surface area contributed by atoms with Gasteiger partial charge in [0.2, 0.25) is 0 Å². The largest absolute Gasteiger partial charge is 0.392 e. The molecule has 0 fully saturated rings. The van der Waals surface area contributed by atoms with Crippen molar-refractivity contribution in [2.24, 2.45) is 0 Å². The van der Waals surface area contributed by atoms with Gasteiger partial charge in [-0.05, 0) is 12.7 Å². The van der Waals surface area contributed by atoms with E-state index in [0.717, 1.165) is 5.75 Å². The molecule has 54 valence electrons. The molecule has 2 atom stereocenters. The first kappa shape index (κ1) is 9.05. The normalized spacial score (nSPS) is 16.8.